The molecule has 4 heteroatoms. The lowest BCUT2D eigenvalue weighted by atomic mass is 10.1. The largest absolute Gasteiger partial charge is 0.383 e. The minimum absolute atomic E-state index is 0.153. The van der Waals surface area contributed by atoms with Crippen LogP contribution >= 0.6 is 0 Å². The Hall–Kier alpha value is -1.13. The van der Waals surface area contributed by atoms with Crippen molar-refractivity contribution in [1.82, 2.24) is 9.88 Å². The molecule has 1 heterocycles. The number of hydrogen-bond acceptors (Lipinski definition) is 3. The van der Waals surface area contributed by atoms with Crippen LogP contribution in [0.2, 0.25) is 0 Å². The first-order valence-corrected chi connectivity index (χ1v) is 5.41. The van der Waals surface area contributed by atoms with E-state index < -0.39 is 0 Å². The number of aromatic amines is 1. The highest BCUT2D eigenvalue weighted by atomic mass is 16.5. The molecule has 0 saturated heterocycles. The quantitative estimate of drug-likeness (QED) is 0.743. The number of Topliss-reactive ketones (excluding diaryl/α,β-unsaturated/α-hetero) is 1. The Balaban J connectivity index is 2.55. The van der Waals surface area contributed by atoms with Crippen LogP contribution in [-0.4, -0.2) is 49.5 Å². The molecule has 90 valence electrons. The van der Waals surface area contributed by atoms with Gasteiger partial charge in [0.2, 0.25) is 0 Å². The summed E-state index contributed by atoms with van der Waals surface area (Å²) >= 11 is 0. The van der Waals surface area contributed by atoms with Crippen molar-refractivity contribution < 1.29 is 9.53 Å². The molecule has 0 unspecified atom stereocenters. The molecule has 0 saturated carbocycles. The van der Waals surface area contributed by atoms with Crippen LogP contribution in [0.4, 0.5) is 0 Å². The average Bonchev–Trinajstić information content (AvgIpc) is 2.54. The maximum Gasteiger partial charge on any atom is 0.178 e. The maximum absolute atomic E-state index is 11.9. The molecule has 1 rings (SSSR count). The zero-order chi connectivity index (χ0) is 12.1. The zero-order valence-electron chi connectivity index (χ0n) is 10.5. The summed E-state index contributed by atoms with van der Waals surface area (Å²) in [6.07, 6.45) is 0. The van der Waals surface area contributed by atoms with Crippen LogP contribution in [0.3, 0.4) is 0 Å². The van der Waals surface area contributed by atoms with Crippen molar-refractivity contribution in [2.45, 2.75) is 13.8 Å². The van der Waals surface area contributed by atoms with Gasteiger partial charge in [-0.2, -0.15) is 0 Å². The van der Waals surface area contributed by atoms with Crippen LogP contribution in [-0.2, 0) is 4.74 Å². The highest BCUT2D eigenvalue weighted by Gasteiger charge is 2.13. The van der Waals surface area contributed by atoms with E-state index in [1.165, 1.54) is 0 Å². The van der Waals surface area contributed by atoms with Crippen molar-refractivity contribution >= 4 is 5.78 Å². The van der Waals surface area contributed by atoms with Gasteiger partial charge in [-0.05, 0) is 27.0 Å². The summed E-state index contributed by atoms with van der Waals surface area (Å²) in [4.78, 5) is 17.1. The number of nitrogens with one attached hydrogen (secondary N) is 1. The van der Waals surface area contributed by atoms with Crippen molar-refractivity contribution in [2.75, 3.05) is 33.9 Å². The number of likely N-dealkylation sites (N-methyl/N-ethyl adjacent to an activating group) is 1. The Labute approximate surface area is 96.6 Å². The number of rotatable bonds is 6. The van der Waals surface area contributed by atoms with Gasteiger partial charge in [0.15, 0.2) is 5.78 Å². The number of aromatic nitrogens is 1. The van der Waals surface area contributed by atoms with E-state index in [-0.39, 0.29) is 5.78 Å². The second-order valence-electron chi connectivity index (χ2n) is 4.14. The predicted molar refractivity (Wildman–Crippen MR) is 64.0 cm³/mol. The molecule has 0 aliphatic carbocycles. The van der Waals surface area contributed by atoms with Crippen LogP contribution in [0.1, 0.15) is 21.7 Å². The smallest absolute Gasteiger partial charge is 0.178 e. The first-order valence-electron chi connectivity index (χ1n) is 5.41. The molecule has 0 radical (unpaired) electrons. The Morgan fingerprint density at radius 3 is 2.69 bits per heavy atom. The van der Waals surface area contributed by atoms with Gasteiger partial charge < -0.3 is 9.72 Å². The second-order valence-corrected chi connectivity index (χ2v) is 4.14. The lowest BCUT2D eigenvalue weighted by Gasteiger charge is -2.14. The molecule has 4 nitrogen and oxygen atoms in total. The minimum atomic E-state index is 0.153. The molecular formula is C12H20N2O2. The van der Waals surface area contributed by atoms with Crippen LogP contribution in [0, 0.1) is 13.8 Å². The van der Waals surface area contributed by atoms with E-state index in [0.29, 0.717) is 13.2 Å². The van der Waals surface area contributed by atoms with Gasteiger partial charge in [-0.15, -0.1) is 0 Å². The Morgan fingerprint density at radius 1 is 1.50 bits per heavy atom. The number of nitrogens with zero attached hydrogens (tertiary/aromatic N) is 1. The van der Waals surface area contributed by atoms with Crippen LogP contribution in [0.15, 0.2) is 6.07 Å². The number of carbonyl (C=O) groups excluding carboxylic acids is 1. The third-order valence-electron chi connectivity index (χ3n) is 2.54. The maximum atomic E-state index is 11.9. The van der Waals surface area contributed by atoms with E-state index in [1.807, 2.05) is 31.9 Å². The SMILES string of the molecule is COCCN(C)CC(=O)c1cc(C)[nH]c1C. The zero-order valence-corrected chi connectivity index (χ0v) is 10.5. The summed E-state index contributed by atoms with van der Waals surface area (Å²) in [6.45, 7) is 5.73. The third-order valence-corrected chi connectivity index (χ3v) is 2.54. The van der Waals surface area contributed by atoms with Gasteiger partial charge in [0.25, 0.3) is 0 Å². The van der Waals surface area contributed by atoms with Crippen molar-refractivity contribution in [2.24, 2.45) is 0 Å². The number of aryl methyl sites for hydroxylation is 2. The summed E-state index contributed by atoms with van der Waals surface area (Å²) in [6, 6.07) is 1.90. The fourth-order valence-corrected chi connectivity index (χ4v) is 1.67. The molecule has 0 amide bonds. The molecule has 1 aromatic rings. The lowest BCUT2D eigenvalue weighted by Crippen LogP contribution is -2.29. The van der Waals surface area contributed by atoms with Crippen molar-refractivity contribution in [1.29, 1.82) is 0 Å². The minimum Gasteiger partial charge on any atom is -0.383 e. The molecule has 1 N–H and O–H groups in total. The standard InChI is InChI=1S/C12H20N2O2/c1-9-7-11(10(2)13-9)12(15)8-14(3)5-6-16-4/h7,13H,5-6,8H2,1-4H3. The molecule has 16 heavy (non-hydrogen) atoms. The number of hydrogen-bond donors (Lipinski definition) is 1. The molecule has 0 aliphatic heterocycles. The van der Waals surface area contributed by atoms with Gasteiger partial charge in [-0.25, -0.2) is 0 Å². The molecular weight excluding hydrogens is 204 g/mol. The fraction of sp³-hybridized carbons (Fsp3) is 0.583. The summed E-state index contributed by atoms with van der Waals surface area (Å²) in [5, 5.41) is 0. The van der Waals surface area contributed by atoms with E-state index in [4.69, 9.17) is 4.74 Å². The van der Waals surface area contributed by atoms with Crippen molar-refractivity contribution in [3.05, 3.63) is 23.0 Å². The highest BCUT2D eigenvalue weighted by molar-refractivity contribution is 5.98. The van der Waals surface area contributed by atoms with Gasteiger partial charge in [-0.1, -0.05) is 0 Å². The fourth-order valence-electron chi connectivity index (χ4n) is 1.67. The summed E-state index contributed by atoms with van der Waals surface area (Å²) in [7, 11) is 3.58. The van der Waals surface area contributed by atoms with E-state index in [0.717, 1.165) is 23.5 Å². The van der Waals surface area contributed by atoms with Gasteiger partial charge >= 0.3 is 0 Å². The first kappa shape index (κ1) is 12.9. The molecule has 0 atom stereocenters. The molecule has 0 spiro atoms. The molecule has 0 aromatic carbocycles. The number of ether oxygens (including phenoxy) is 1. The van der Waals surface area contributed by atoms with Crippen LogP contribution in [0.5, 0.6) is 0 Å². The predicted octanol–water partition coefficient (Wildman–Crippen LogP) is 1.39. The van der Waals surface area contributed by atoms with E-state index in [1.54, 1.807) is 7.11 Å². The van der Waals surface area contributed by atoms with Crippen LogP contribution < -0.4 is 0 Å². The lowest BCUT2D eigenvalue weighted by molar-refractivity contribution is 0.0922. The van der Waals surface area contributed by atoms with E-state index in [9.17, 15) is 4.79 Å². The van der Waals surface area contributed by atoms with Crippen molar-refractivity contribution in [3.63, 3.8) is 0 Å². The highest BCUT2D eigenvalue weighted by Crippen LogP contribution is 2.10. The number of carbonyl (C=O) groups is 1. The summed E-state index contributed by atoms with van der Waals surface area (Å²) in [5.74, 6) is 0.153. The first-order chi connectivity index (χ1) is 7.54. The van der Waals surface area contributed by atoms with E-state index in [2.05, 4.69) is 4.98 Å². The summed E-state index contributed by atoms with van der Waals surface area (Å²) in [5.41, 5.74) is 2.77. The average molecular weight is 224 g/mol. The van der Waals surface area contributed by atoms with Crippen LogP contribution in [0.25, 0.3) is 0 Å². The Kier molecular flexibility index (Phi) is 4.71. The number of H-pyrrole nitrogens is 1. The molecule has 0 bridgehead atoms. The molecule has 1 aromatic heterocycles. The number of ketones is 1. The molecule has 0 aliphatic rings. The van der Waals surface area contributed by atoms with E-state index >= 15 is 0 Å². The monoisotopic (exact) mass is 224 g/mol. The summed E-state index contributed by atoms with van der Waals surface area (Å²) < 4.78 is 4.97. The van der Waals surface area contributed by atoms with Crippen molar-refractivity contribution in [3.8, 4) is 0 Å². The third kappa shape index (κ3) is 3.47. The second kappa shape index (κ2) is 5.82. The normalized spacial score (nSPS) is 11.1. The molecule has 0 fully saturated rings. The Morgan fingerprint density at radius 2 is 2.19 bits per heavy atom. The van der Waals surface area contributed by atoms with Gasteiger partial charge in [-0.3, -0.25) is 9.69 Å². The number of methoxy groups -OCH3 is 1. The van der Waals surface area contributed by atoms with Gasteiger partial charge in [0.1, 0.15) is 0 Å². The van der Waals surface area contributed by atoms with Gasteiger partial charge in [0.05, 0.1) is 13.2 Å². The van der Waals surface area contributed by atoms with Gasteiger partial charge in [0, 0.05) is 30.6 Å². The Bertz CT molecular complexity index is 358. The topological polar surface area (TPSA) is 45.3 Å².